The van der Waals surface area contributed by atoms with Crippen molar-refractivity contribution in [2.75, 3.05) is 14.2 Å². The van der Waals surface area contributed by atoms with Gasteiger partial charge in [-0.15, -0.1) is 0 Å². The van der Waals surface area contributed by atoms with Gasteiger partial charge in [-0.05, 0) is 36.2 Å². The van der Waals surface area contributed by atoms with Crippen LogP contribution in [-0.4, -0.2) is 29.7 Å². The number of carbonyl (C=O) groups excluding carboxylic acids is 1. The quantitative estimate of drug-likeness (QED) is 0.374. The van der Waals surface area contributed by atoms with E-state index in [9.17, 15) is 14.9 Å². The van der Waals surface area contributed by atoms with Crippen LogP contribution in [0.1, 0.15) is 28.4 Å². The summed E-state index contributed by atoms with van der Waals surface area (Å²) >= 11 is 0. The molecule has 0 aliphatic heterocycles. The lowest BCUT2D eigenvalue weighted by molar-refractivity contribution is -0.384. The van der Waals surface area contributed by atoms with Crippen LogP contribution in [0.3, 0.4) is 0 Å². The maximum atomic E-state index is 11.7. The van der Waals surface area contributed by atoms with Gasteiger partial charge in [0.1, 0.15) is 5.75 Å². The van der Waals surface area contributed by atoms with Gasteiger partial charge >= 0.3 is 5.97 Å². The molecule has 7 nitrogen and oxygen atoms in total. The van der Waals surface area contributed by atoms with E-state index in [0.29, 0.717) is 17.7 Å². The van der Waals surface area contributed by atoms with Gasteiger partial charge in [-0.1, -0.05) is 6.07 Å². The van der Waals surface area contributed by atoms with E-state index in [1.165, 1.54) is 13.2 Å². The molecule has 0 saturated carbocycles. The summed E-state index contributed by atoms with van der Waals surface area (Å²) in [4.78, 5) is 22.5. The van der Waals surface area contributed by atoms with Crippen molar-refractivity contribution in [3.63, 3.8) is 0 Å². The van der Waals surface area contributed by atoms with E-state index < -0.39 is 10.9 Å². The number of nitrogens with zero attached hydrogens (tertiary/aromatic N) is 2. The maximum absolute atomic E-state index is 11.7. The van der Waals surface area contributed by atoms with E-state index >= 15 is 0 Å². The highest BCUT2D eigenvalue weighted by molar-refractivity contribution is 5.90. The molecule has 0 N–H and O–H groups in total. The molecule has 0 spiro atoms. The number of methoxy groups -OCH3 is 2. The molecular formula is C20H20N2O5. The second kappa shape index (κ2) is 7.49. The van der Waals surface area contributed by atoms with Crippen LogP contribution in [0.4, 0.5) is 5.69 Å². The summed E-state index contributed by atoms with van der Waals surface area (Å²) in [5.74, 6) is 0.138. The van der Waals surface area contributed by atoms with Crippen LogP contribution in [0.2, 0.25) is 0 Å². The van der Waals surface area contributed by atoms with Gasteiger partial charge < -0.3 is 14.0 Å². The summed E-state index contributed by atoms with van der Waals surface area (Å²) in [6, 6.07) is 10.0. The van der Waals surface area contributed by atoms with Crippen LogP contribution in [0.15, 0.2) is 42.6 Å². The highest BCUT2D eigenvalue weighted by Gasteiger charge is 2.16. The molecule has 0 atom stereocenters. The molecule has 0 aliphatic rings. The number of aryl methyl sites for hydroxylation is 1. The van der Waals surface area contributed by atoms with Crippen molar-refractivity contribution in [2.45, 2.75) is 19.9 Å². The zero-order valence-corrected chi connectivity index (χ0v) is 15.4. The second-order valence-electron chi connectivity index (χ2n) is 6.09. The average molecular weight is 368 g/mol. The Labute approximate surface area is 156 Å². The van der Waals surface area contributed by atoms with Gasteiger partial charge in [-0.2, -0.15) is 0 Å². The number of aromatic nitrogens is 1. The first kappa shape index (κ1) is 18.4. The number of fused-ring (bicyclic) bond motifs is 1. The number of hydrogen-bond acceptors (Lipinski definition) is 5. The van der Waals surface area contributed by atoms with Crippen molar-refractivity contribution in [1.82, 2.24) is 4.57 Å². The highest BCUT2D eigenvalue weighted by atomic mass is 16.6. The predicted molar refractivity (Wildman–Crippen MR) is 101 cm³/mol. The zero-order valence-electron chi connectivity index (χ0n) is 15.4. The van der Waals surface area contributed by atoms with Crippen LogP contribution in [-0.2, 0) is 17.7 Å². The van der Waals surface area contributed by atoms with Gasteiger partial charge in [0.05, 0.1) is 24.7 Å². The number of rotatable bonds is 6. The number of ether oxygens (including phenoxy) is 2. The number of benzene rings is 2. The Kier molecular flexibility index (Phi) is 5.12. The Morgan fingerprint density at radius 2 is 1.93 bits per heavy atom. The monoisotopic (exact) mass is 368 g/mol. The number of non-ortho nitro benzene ring substituents is 1. The molecule has 7 heteroatoms. The molecule has 1 aromatic heterocycles. The molecule has 0 unspecified atom stereocenters. The zero-order chi connectivity index (χ0) is 19.6. The van der Waals surface area contributed by atoms with Crippen LogP contribution in [0.5, 0.6) is 5.75 Å². The van der Waals surface area contributed by atoms with E-state index in [0.717, 1.165) is 28.6 Å². The van der Waals surface area contributed by atoms with Crippen LogP contribution in [0.25, 0.3) is 10.9 Å². The van der Waals surface area contributed by atoms with E-state index in [1.54, 1.807) is 31.4 Å². The van der Waals surface area contributed by atoms with Crippen molar-refractivity contribution in [1.29, 1.82) is 0 Å². The Morgan fingerprint density at radius 1 is 1.15 bits per heavy atom. The van der Waals surface area contributed by atoms with Gasteiger partial charge in [0.2, 0.25) is 0 Å². The molecule has 2 aromatic carbocycles. The third-order valence-electron chi connectivity index (χ3n) is 4.59. The predicted octanol–water partition coefficient (Wildman–Crippen LogP) is 3.96. The molecule has 0 aliphatic carbocycles. The Balaban J connectivity index is 2.07. The summed E-state index contributed by atoms with van der Waals surface area (Å²) in [6.45, 7) is 2.78. The lowest BCUT2D eigenvalue weighted by atomic mass is 10.0. The molecule has 0 radical (unpaired) electrons. The Bertz CT molecular complexity index is 1020. The molecular weight excluding hydrogens is 348 g/mol. The summed E-state index contributed by atoms with van der Waals surface area (Å²) in [7, 11) is 2.87. The first-order valence-electron chi connectivity index (χ1n) is 8.49. The fraction of sp³-hybridized carbons (Fsp3) is 0.250. The van der Waals surface area contributed by atoms with Crippen molar-refractivity contribution < 1.29 is 19.2 Å². The third kappa shape index (κ3) is 3.48. The van der Waals surface area contributed by atoms with Crippen molar-refractivity contribution in [3.8, 4) is 5.75 Å². The normalized spacial score (nSPS) is 10.8. The minimum Gasteiger partial charge on any atom is -0.496 e. The Hall–Kier alpha value is -3.35. The van der Waals surface area contributed by atoms with E-state index in [2.05, 4.69) is 4.57 Å². The highest BCUT2D eigenvalue weighted by Crippen LogP contribution is 2.30. The SMILES string of the molecule is CCn1cc(Cc2ccc(C(=O)OC)cc2OC)c2cc([N+](=O)[O-])ccc21. The lowest BCUT2D eigenvalue weighted by Gasteiger charge is -2.10. The van der Waals surface area contributed by atoms with E-state index in [4.69, 9.17) is 9.47 Å². The van der Waals surface area contributed by atoms with E-state index in [1.807, 2.05) is 19.2 Å². The number of nitro benzene ring substituents is 1. The second-order valence-corrected chi connectivity index (χ2v) is 6.09. The number of hydrogen-bond donors (Lipinski definition) is 0. The van der Waals surface area contributed by atoms with Gasteiger partial charge in [-0.25, -0.2) is 4.79 Å². The van der Waals surface area contributed by atoms with Gasteiger partial charge in [-0.3, -0.25) is 10.1 Å². The molecule has 27 heavy (non-hydrogen) atoms. The molecule has 0 saturated heterocycles. The molecule has 140 valence electrons. The van der Waals surface area contributed by atoms with Crippen LogP contribution >= 0.6 is 0 Å². The molecule has 3 aromatic rings. The number of carbonyl (C=O) groups is 1. The van der Waals surface area contributed by atoms with E-state index in [-0.39, 0.29) is 5.69 Å². The molecule has 0 bridgehead atoms. The first-order valence-corrected chi connectivity index (χ1v) is 8.49. The minimum absolute atomic E-state index is 0.0607. The molecule has 1 heterocycles. The fourth-order valence-corrected chi connectivity index (χ4v) is 3.22. The number of esters is 1. The third-order valence-corrected chi connectivity index (χ3v) is 4.59. The largest absolute Gasteiger partial charge is 0.496 e. The summed E-state index contributed by atoms with van der Waals surface area (Å²) in [6.07, 6.45) is 2.53. The molecule has 3 rings (SSSR count). The van der Waals surface area contributed by atoms with Crippen molar-refractivity contribution >= 4 is 22.6 Å². The maximum Gasteiger partial charge on any atom is 0.337 e. The summed E-state index contributed by atoms with van der Waals surface area (Å²) in [5, 5.41) is 12.0. The topological polar surface area (TPSA) is 83.6 Å². The fourth-order valence-electron chi connectivity index (χ4n) is 3.22. The van der Waals surface area contributed by atoms with Crippen LogP contribution < -0.4 is 4.74 Å². The lowest BCUT2D eigenvalue weighted by Crippen LogP contribution is -2.03. The Morgan fingerprint density at radius 3 is 2.56 bits per heavy atom. The smallest absolute Gasteiger partial charge is 0.337 e. The summed E-state index contributed by atoms with van der Waals surface area (Å²) < 4.78 is 12.2. The summed E-state index contributed by atoms with van der Waals surface area (Å²) in [5.41, 5.74) is 3.25. The van der Waals surface area contributed by atoms with Gasteiger partial charge in [0.25, 0.3) is 5.69 Å². The standard InChI is InChI=1S/C20H20N2O5/c1-4-21-12-15(17-11-16(22(24)25)7-8-18(17)21)9-13-5-6-14(20(23)27-3)10-19(13)26-2/h5-8,10-12H,4,9H2,1-3H3. The molecule has 0 fully saturated rings. The minimum atomic E-state index is -0.432. The molecule has 0 amide bonds. The van der Waals surface area contributed by atoms with Crippen LogP contribution in [0, 0.1) is 10.1 Å². The van der Waals surface area contributed by atoms with Crippen molar-refractivity contribution in [2.24, 2.45) is 0 Å². The van der Waals surface area contributed by atoms with Gasteiger partial charge in [0, 0.05) is 42.2 Å². The van der Waals surface area contributed by atoms with Gasteiger partial charge in [0.15, 0.2) is 0 Å². The van der Waals surface area contributed by atoms with Crippen molar-refractivity contribution in [3.05, 3.63) is 69.4 Å². The first-order chi connectivity index (χ1) is 13.0. The average Bonchev–Trinajstić information content (AvgIpc) is 3.04. The number of nitro groups is 1.